The first kappa shape index (κ1) is 12.6. The zero-order valence-electron chi connectivity index (χ0n) is 12.5. The van der Waals surface area contributed by atoms with Gasteiger partial charge in [-0.05, 0) is 68.8 Å². The highest BCUT2D eigenvalue weighted by Crippen LogP contribution is 2.60. The molecule has 4 aliphatic carbocycles. The molecule has 1 aromatic rings. The van der Waals surface area contributed by atoms with Gasteiger partial charge in [-0.2, -0.15) is 0 Å². The molecule has 0 aliphatic heterocycles. The van der Waals surface area contributed by atoms with Crippen LogP contribution in [0.15, 0.2) is 35.3 Å². The molecule has 0 spiro atoms. The van der Waals surface area contributed by atoms with Crippen molar-refractivity contribution in [3.05, 3.63) is 35.9 Å². The molecule has 0 radical (unpaired) electrons. The number of rotatable bonds is 3. The van der Waals surface area contributed by atoms with Crippen LogP contribution in [0.1, 0.15) is 51.0 Å². The first-order valence-corrected chi connectivity index (χ1v) is 8.29. The molecule has 4 aliphatic rings. The molecule has 0 atom stereocenters. The van der Waals surface area contributed by atoms with E-state index in [0.717, 1.165) is 24.3 Å². The van der Waals surface area contributed by atoms with Crippen LogP contribution in [0.2, 0.25) is 0 Å². The molecule has 0 saturated heterocycles. The standard InChI is InChI=1S/C19H25N/c1-14(20-13-15-5-3-2-4-6-15)19-10-16-7-17(11-19)9-18(8-16)12-19/h2-6,16-18H,7-13H2,1H3. The number of nitrogens with zero attached hydrogens (tertiary/aromatic N) is 1. The predicted octanol–water partition coefficient (Wildman–Crippen LogP) is 4.86. The molecule has 1 heteroatoms. The normalized spacial score (nSPS) is 39.2. The van der Waals surface area contributed by atoms with E-state index in [1.807, 2.05) is 0 Å². The number of aliphatic imine (C=N–C) groups is 1. The van der Waals surface area contributed by atoms with Crippen molar-refractivity contribution in [2.75, 3.05) is 0 Å². The van der Waals surface area contributed by atoms with Crippen molar-refractivity contribution in [3.63, 3.8) is 0 Å². The summed E-state index contributed by atoms with van der Waals surface area (Å²) >= 11 is 0. The molecule has 4 bridgehead atoms. The summed E-state index contributed by atoms with van der Waals surface area (Å²) in [5, 5.41) is 0. The summed E-state index contributed by atoms with van der Waals surface area (Å²) in [5.74, 6) is 3.05. The molecule has 4 fully saturated rings. The van der Waals surface area contributed by atoms with Crippen LogP contribution in [-0.4, -0.2) is 5.71 Å². The molecule has 0 heterocycles. The lowest BCUT2D eigenvalue weighted by Gasteiger charge is -2.56. The first-order chi connectivity index (χ1) is 9.73. The van der Waals surface area contributed by atoms with Crippen molar-refractivity contribution in [3.8, 4) is 0 Å². The first-order valence-electron chi connectivity index (χ1n) is 8.29. The molecule has 20 heavy (non-hydrogen) atoms. The van der Waals surface area contributed by atoms with Crippen molar-refractivity contribution in [2.45, 2.75) is 52.0 Å². The predicted molar refractivity (Wildman–Crippen MR) is 83.9 cm³/mol. The maximum absolute atomic E-state index is 5.00. The lowest BCUT2D eigenvalue weighted by atomic mass is 9.48. The summed E-state index contributed by atoms with van der Waals surface area (Å²) < 4.78 is 0. The van der Waals surface area contributed by atoms with E-state index in [1.165, 1.54) is 49.8 Å². The van der Waals surface area contributed by atoms with Crippen molar-refractivity contribution >= 4 is 5.71 Å². The fraction of sp³-hybridized carbons (Fsp3) is 0.632. The highest BCUT2D eigenvalue weighted by atomic mass is 14.8. The average molecular weight is 267 g/mol. The van der Waals surface area contributed by atoms with Crippen LogP contribution >= 0.6 is 0 Å². The fourth-order valence-corrected chi connectivity index (χ4v) is 5.51. The van der Waals surface area contributed by atoms with Crippen LogP contribution in [0.25, 0.3) is 0 Å². The van der Waals surface area contributed by atoms with Gasteiger partial charge in [0.25, 0.3) is 0 Å². The third-order valence-electron chi connectivity index (χ3n) is 6.15. The molecule has 106 valence electrons. The number of benzene rings is 1. The Morgan fingerprint density at radius 1 is 1.00 bits per heavy atom. The van der Waals surface area contributed by atoms with Crippen molar-refractivity contribution in [1.29, 1.82) is 0 Å². The Morgan fingerprint density at radius 2 is 1.55 bits per heavy atom. The van der Waals surface area contributed by atoms with E-state index in [0.29, 0.717) is 5.41 Å². The van der Waals surface area contributed by atoms with Gasteiger partial charge in [0.05, 0.1) is 6.54 Å². The third kappa shape index (κ3) is 2.12. The van der Waals surface area contributed by atoms with Gasteiger partial charge in [0, 0.05) is 11.1 Å². The molecule has 1 aromatic carbocycles. The molecular weight excluding hydrogens is 242 g/mol. The summed E-state index contributed by atoms with van der Waals surface area (Å²) in [6.45, 7) is 3.19. The van der Waals surface area contributed by atoms with Crippen LogP contribution in [0, 0.1) is 23.2 Å². The fourth-order valence-electron chi connectivity index (χ4n) is 5.51. The molecular formula is C19H25N. The topological polar surface area (TPSA) is 12.4 Å². The van der Waals surface area contributed by atoms with Crippen LogP contribution in [-0.2, 0) is 6.54 Å². The van der Waals surface area contributed by atoms with Gasteiger partial charge in [-0.25, -0.2) is 0 Å². The minimum atomic E-state index is 0.490. The van der Waals surface area contributed by atoms with E-state index >= 15 is 0 Å². The van der Waals surface area contributed by atoms with Gasteiger partial charge < -0.3 is 0 Å². The Bertz CT molecular complexity index is 479. The maximum atomic E-state index is 5.00. The second-order valence-corrected chi connectivity index (χ2v) is 7.59. The summed E-state index contributed by atoms with van der Waals surface area (Å²) in [7, 11) is 0. The quantitative estimate of drug-likeness (QED) is 0.693. The SMILES string of the molecule is CC(=NCc1ccccc1)C12CC3CC(CC(C3)C1)C2. The average Bonchev–Trinajstić information content (AvgIpc) is 2.44. The molecule has 1 nitrogen and oxygen atoms in total. The third-order valence-corrected chi connectivity index (χ3v) is 6.15. The van der Waals surface area contributed by atoms with Crippen LogP contribution in [0.5, 0.6) is 0 Å². The van der Waals surface area contributed by atoms with E-state index in [-0.39, 0.29) is 0 Å². The summed E-state index contributed by atoms with van der Waals surface area (Å²) in [6, 6.07) is 10.7. The van der Waals surface area contributed by atoms with E-state index in [4.69, 9.17) is 4.99 Å². The van der Waals surface area contributed by atoms with Crippen LogP contribution in [0.3, 0.4) is 0 Å². The lowest BCUT2D eigenvalue weighted by Crippen LogP contribution is -2.49. The maximum Gasteiger partial charge on any atom is 0.0639 e. The van der Waals surface area contributed by atoms with E-state index in [2.05, 4.69) is 37.3 Å². The molecule has 0 N–H and O–H groups in total. The highest BCUT2D eigenvalue weighted by Gasteiger charge is 2.52. The van der Waals surface area contributed by atoms with Crippen molar-refractivity contribution in [2.24, 2.45) is 28.2 Å². The number of hydrogen-bond acceptors (Lipinski definition) is 1. The lowest BCUT2D eigenvalue weighted by molar-refractivity contribution is -0.0127. The van der Waals surface area contributed by atoms with Crippen LogP contribution in [0.4, 0.5) is 0 Å². The minimum absolute atomic E-state index is 0.490. The molecule has 5 rings (SSSR count). The highest BCUT2D eigenvalue weighted by molar-refractivity contribution is 5.88. The van der Waals surface area contributed by atoms with E-state index in [1.54, 1.807) is 0 Å². The zero-order chi connectivity index (χ0) is 13.6. The Kier molecular flexibility index (Phi) is 2.98. The Labute approximate surface area is 122 Å². The molecule has 4 saturated carbocycles. The van der Waals surface area contributed by atoms with Crippen LogP contribution < -0.4 is 0 Å². The largest absolute Gasteiger partial charge is 0.289 e. The smallest absolute Gasteiger partial charge is 0.0639 e. The second-order valence-electron chi connectivity index (χ2n) is 7.59. The van der Waals surface area contributed by atoms with Gasteiger partial charge in [0.15, 0.2) is 0 Å². The monoisotopic (exact) mass is 267 g/mol. The Balaban J connectivity index is 1.54. The second kappa shape index (κ2) is 4.72. The summed E-state index contributed by atoms with van der Waals surface area (Å²) in [6.07, 6.45) is 8.86. The van der Waals surface area contributed by atoms with Gasteiger partial charge in [-0.1, -0.05) is 30.3 Å². The van der Waals surface area contributed by atoms with E-state index < -0.39 is 0 Å². The molecule has 0 amide bonds. The van der Waals surface area contributed by atoms with Crippen molar-refractivity contribution < 1.29 is 0 Å². The summed E-state index contributed by atoms with van der Waals surface area (Å²) in [5.41, 5.74) is 3.29. The van der Waals surface area contributed by atoms with E-state index in [9.17, 15) is 0 Å². The van der Waals surface area contributed by atoms with Gasteiger partial charge in [-0.15, -0.1) is 0 Å². The number of hydrogen-bond donors (Lipinski definition) is 0. The summed E-state index contributed by atoms with van der Waals surface area (Å²) in [4.78, 5) is 5.00. The molecule has 0 aromatic heterocycles. The van der Waals surface area contributed by atoms with Gasteiger partial charge in [0.1, 0.15) is 0 Å². The van der Waals surface area contributed by atoms with Gasteiger partial charge in [0.2, 0.25) is 0 Å². The Hall–Kier alpha value is -1.11. The van der Waals surface area contributed by atoms with Gasteiger partial charge >= 0.3 is 0 Å². The Morgan fingerprint density at radius 3 is 2.10 bits per heavy atom. The van der Waals surface area contributed by atoms with Gasteiger partial charge in [-0.3, -0.25) is 4.99 Å². The zero-order valence-corrected chi connectivity index (χ0v) is 12.5. The van der Waals surface area contributed by atoms with Crippen molar-refractivity contribution in [1.82, 2.24) is 0 Å². The molecule has 0 unspecified atom stereocenters. The minimum Gasteiger partial charge on any atom is -0.289 e.